The van der Waals surface area contributed by atoms with E-state index in [1.165, 1.54) is 6.07 Å². The second-order valence-corrected chi connectivity index (χ2v) is 5.74. The van der Waals surface area contributed by atoms with Crippen LogP contribution in [0.1, 0.15) is 5.69 Å². The maximum Gasteiger partial charge on any atom is 0.292 e. The van der Waals surface area contributed by atoms with Crippen molar-refractivity contribution in [1.29, 1.82) is 0 Å². The van der Waals surface area contributed by atoms with Gasteiger partial charge >= 0.3 is 0 Å². The first-order valence-electron chi connectivity index (χ1n) is 8.09. The molecule has 26 heavy (non-hydrogen) atoms. The summed E-state index contributed by atoms with van der Waals surface area (Å²) in [6, 6.07) is 22.1. The molecule has 0 spiro atoms. The van der Waals surface area contributed by atoms with Crippen LogP contribution in [0.3, 0.4) is 0 Å². The number of nitrogens with zero attached hydrogens (tertiary/aromatic N) is 3. The Bertz CT molecular complexity index is 1120. The molecular formula is C20H15N4O2+. The highest BCUT2D eigenvalue weighted by Crippen LogP contribution is 2.22. The molecule has 0 bridgehead atoms. The molecule has 0 aliphatic heterocycles. The minimum Gasteiger partial charge on any atom is -0.258 e. The molecule has 2 aromatic heterocycles. The van der Waals surface area contributed by atoms with Crippen molar-refractivity contribution in [1.82, 2.24) is 4.98 Å². The predicted molar refractivity (Wildman–Crippen MR) is 99.7 cm³/mol. The molecule has 0 saturated carbocycles. The van der Waals surface area contributed by atoms with E-state index >= 15 is 0 Å². The SMILES string of the molecule is O=[N+]([O-])c1cccc(-c2[nH]c(C=Nc3ccccc3)c3cccc[n+]23)c1. The van der Waals surface area contributed by atoms with Crippen LogP contribution in [0.2, 0.25) is 0 Å². The van der Waals surface area contributed by atoms with Crippen molar-refractivity contribution in [3.8, 4) is 11.4 Å². The van der Waals surface area contributed by atoms with E-state index in [0.29, 0.717) is 0 Å². The number of fused-ring (bicyclic) bond motifs is 1. The van der Waals surface area contributed by atoms with Crippen molar-refractivity contribution in [3.05, 3.63) is 94.8 Å². The van der Waals surface area contributed by atoms with Crippen molar-refractivity contribution in [2.45, 2.75) is 0 Å². The summed E-state index contributed by atoms with van der Waals surface area (Å²) in [5.74, 6) is 0.763. The van der Waals surface area contributed by atoms with Gasteiger partial charge in [-0.1, -0.05) is 30.3 Å². The zero-order valence-electron chi connectivity index (χ0n) is 13.7. The molecule has 0 aliphatic rings. The van der Waals surface area contributed by atoms with E-state index in [-0.39, 0.29) is 5.69 Å². The van der Waals surface area contributed by atoms with Gasteiger partial charge in [-0.05, 0) is 30.3 Å². The smallest absolute Gasteiger partial charge is 0.258 e. The molecule has 6 heteroatoms. The lowest BCUT2D eigenvalue weighted by Crippen LogP contribution is -2.21. The van der Waals surface area contributed by atoms with Crippen LogP contribution in [0, 0.1) is 10.1 Å². The molecule has 2 heterocycles. The number of nitrogens with one attached hydrogen (secondary N) is 1. The third kappa shape index (κ3) is 2.95. The largest absolute Gasteiger partial charge is 0.292 e. The summed E-state index contributed by atoms with van der Waals surface area (Å²) >= 11 is 0. The Hall–Kier alpha value is -3.80. The van der Waals surface area contributed by atoms with Crippen LogP contribution in [0.5, 0.6) is 0 Å². The van der Waals surface area contributed by atoms with Crippen LogP contribution in [-0.4, -0.2) is 16.1 Å². The fourth-order valence-corrected chi connectivity index (χ4v) is 2.84. The minimum absolute atomic E-state index is 0.0567. The van der Waals surface area contributed by atoms with E-state index in [9.17, 15) is 10.1 Å². The van der Waals surface area contributed by atoms with E-state index in [2.05, 4.69) is 9.98 Å². The van der Waals surface area contributed by atoms with E-state index < -0.39 is 4.92 Å². The van der Waals surface area contributed by atoms with Crippen LogP contribution in [0.15, 0.2) is 84.0 Å². The highest BCUT2D eigenvalue weighted by atomic mass is 16.6. The number of hydrogen-bond donors (Lipinski definition) is 1. The van der Waals surface area contributed by atoms with Crippen molar-refractivity contribution in [2.24, 2.45) is 4.99 Å². The summed E-state index contributed by atoms with van der Waals surface area (Å²) in [5, 5.41) is 11.1. The lowest BCUT2D eigenvalue weighted by molar-refractivity contribution is -0.498. The standard InChI is InChI=1S/C20H14N4O2/c25-24(26)17-10-6-7-15(13-17)20-22-18(19-11-4-5-12-23(19)20)14-21-16-8-2-1-3-9-16/h1-14H/p+1. The van der Waals surface area contributed by atoms with Crippen molar-refractivity contribution in [2.75, 3.05) is 0 Å². The third-order valence-electron chi connectivity index (χ3n) is 4.06. The molecular weight excluding hydrogens is 328 g/mol. The Morgan fingerprint density at radius 1 is 1.00 bits per heavy atom. The number of aliphatic imine (C=N–C) groups is 1. The summed E-state index contributed by atoms with van der Waals surface area (Å²) in [6.07, 6.45) is 3.69. The summed E-state index contributed by atoms with van der Waals surface area (Å²) in [7, 11) is 0. The first kappa shape index (κ1) is 15.7. The first-order chi connectivity index (χ1) is 12.7. The average Bonchev–Trinajstić information content (AvgIpc) is 3.06. The summed E-state index contributed by atoms with van der Waals surface area (Å²) in [6.45, 7) is 0. The maximum absolute atomic E-state index is 11.1. The van der Waals surface area contributed by atoms with Gasteiger partial charge < -0.3 is 0 Å². The van der Waals surface area contributed by atoms with Crippen LogP contribution < -0.4 is 4.40 Å². The van der Waals surface area contributed by atoms with Crippen LogP contribution in [0.25, 0.3) is 16.9 Å². The van der Waals surface area contributed by atoms with Crippen LogP contribution in [0.4, 0.5) is 11.4 Å². The number of nitro benzene ring substituents is 1. The number of aromatic amines is 1. The van der Waals surface area contributed by atoms with E-state index in [0.717, 1.165) is 28.3 Å². The fourth-order valence-electron chi connectivity index (χ4n) is 2.84. The van der Waals surface area contributed by atoms with Gasteiger partial charge in [-0.15, -0.1) is 0 Å². The zero-order chi connectivity index (χ0) is 17.9. The van der Waals surface area contributed by atoms with Crippen LogP contribution >= 0.6 is 0 Å². The summed E-state index contributed by atoms with van der Waals surface area (Å²) < 4.78 is 1.96. The van der Waals surface area contributed by atoms with Gasteiger partial charge in [0.1, 0.15) is 0 Å². The van der Waals surface area contributed by atoms with Crippen molar-refractivity contribution < 1.29 is 9.32 Å². The van der Waals surface area contributed by atoms with Gasteiger partial charge in [0.15, 0.2) is 11.2 Å². The molecule has 4 aromatic rings. The molecule has 0 aliphatic carbocycles. The Morgan fingerprint density at radius 3 is 2.62 bits per heavy atom. The predicted octanol–water partition coefficient (Wildman–Crippen LogP) is 4.08. The van der Waals surface area contributed by atoms with Crippen molar-refractivity contribution in [3.63, 3.8) is 0 Å². The number of aromatic nitrogens is 2. The molecule has 2 aromatic carbocycles. The summed E-state index contributed by atoms with van der Waals surface area (Å²) in [5.41, 5.74) is 3.42. The normalized spacial score (nSPS) is 11.2. The molecule has 6 nitrogen and oxygen atoms in total. The van der Waals surface area contributed by atoms with Crippen LogP contribution in [-0.2, 0) is 0 Å². The monoisotopic (exact) mass is 343 g/mol. The molecule has 0 amide bonds. The number of pyridine rings is 1. The molecule has 0 unspecified atom stereocenters. The fraction of sp³-hybridized carbons (Fsp3) is 0. The Balaban J connectivity index is 1.83. The molecule has 0 atom stereocenters. The molecule has 4 rings (SSSR count). The van der Waals surface area contributed by atoms with Gasteiger partial charge in [-0.3, -0.25) is 15.1 Å². The number of para-hydroxylation sites is 1. The highest BCUT2D eigenvalue weighted by Gasteiger charge is 2.20. The minimum atomic E-state index is -0.392. The second kappa shape index (κ2) is 6.60. The Kier molecular flexibility index (Phi) is 3.99. The maximum atomic E-state index is 11.1. The van der Waals surface area contributed by atoms with Gasteiger partial charge in [-0.25, -0.2) is 4.98 Å². The molecule has 126 valence electrons. The lowest BCUT2D eigenvalue weighted by Gasteiger charge is -1.95. The Morgan fingerprint density at radius 2 is 1.81 bits per heavy atom. The highest BCUT2D eigenvalue weighted by molar-refractivity contribution is 5.88. The quantitative estimate of drug-likeness (QED) is 0.262. The van der Waals surface area contributed by atoms with E-state index in [1.54, 1.807) is 18.3 Å². The van der Waals surface area contributed by atoms with Gasteiger partial charge in [0, 0.05) is 12.1 Å². The van der Waals surface area contributed by atoms with Gasteiger partial charge in [-0.2, -0.15) is 4.40 Å². The van der Waals surface area contributed by atoms with Gasteiger partial charge in [0.2, 0.25) is 0 Å². The molecule has 0 radical (unpaired) electrons. The molecule has 0 saturated heterocycles. The number of nitro groups is 1. The summed E-state index contributed by atoms with van der Waals surface area (Å²) in [4.78, 5) is 18.5. The number of rotatable bonds is 4. The second-order valence-electron chi connectivity index (χ2n) is 5.74. The first-order valence-corrected chi connectivity index (χ1v) is 8.09. The lowest BCUT2D eigenvalue weighted by atomic mass is 10.2. The number of benzene rings is 2. The average molecular weight is 343 g/mol. The number of imidazole rings is 1. The number of non-ortho nitro benzene ring substituents is 1. The van der Waals surface area contributed by atoms with Gasteiger partial charge in [0.05, 0.1) is 28.6 Å². The third-order valence-corrected chi connectivity index (χ3v) is 4.06. The number of H-pyrrole nitrogens is 1. The zero-order valence-corrected chi connectivity index (χ0v) is 13.7. The van der Waals surface area contributed by atoms with E-state index in [1.807, 2.05) is 65.2 Å². The Labute approximate surface area is 149 Å². The molecule has 0 fully saturated rings. The van der Waals surface area contributed by atoms with E-state index in [4.69, 9.17) is 0 Å². The number of hydrogen-bond acceptors (Lipinski definition) is 3. The topological polar surface area (TPSA) is 75.4 Å². The van der Waals surface area contributed by atoms with Crippen molar-refractivity contribution >= 4 is 23.1 Å². The van der Waals surface area contributed by atoms with Gasteiger partial charge in [0.25, 0.3) is 11.5 Å². The molecule has 1 N–H and O–H groups in total.